The molecule has 2 aliphatic rings. The standard InChI is InChI=1S/C12H23BS/c1-3-10(2)14-13-11-6-4-7-12(13)9-5-8-11/h10-12H,3-9H2,1-2H3. The number of fused-ring (bicyclic) bond motifs is 2. The second-order valence-corrected chi connectivity index (χ2v) is 6.82. The Hall–Kier alpha value is 0.415. The maximum Gasteiger partial charge on any atom is 0.216 e. The molecule has 0 aromatic carbocycles. The topological polar surface area (TPSA) is 0 Å². The van der Waals surface area contributed by atoms with E-state index in [0.717, 1.165) is 22.9 Å². The zero-order valence-corrected chi connectivity index (χ0v) is 10.5. The van der Waals surface area contributed by atoms with Crippen LogP contribution < -0.4 is 0 Å². The number of rotatable bonds is 3. The summed E-state index contributed by atoms with van der Waals surface area (Å²) in [6, 6.07) is 0. The zero-order valence-electron chi connectivity index (χ0n) is 9.67. The van der Waals surface area contributed by atoms with Crippen LogP contribution in [0.5, 0.6) is 0 Å². The lowest BCUT2D eigenvalue weighted by atomic mass is 9.42. The van der Waals surface area contributed by atoms with Gasteiger partial charge in [0.15, 0.2) is 0 Å². The Morgan fingerprint density at radius 3 is 2.07 bits per heavy atom. The lowest BCUT2D eigenvalue weighted by molar-refractivity contribution is 0.451. The molecule has 0 N–H and O–H groups in total. The van der Waals surface area contributed by atoms with Crippen molar-refractivity contribution in [2.75, 3.05) is 0 Å². The Bertz CT molecular complexity index is 161. The van der Waals surface area contributed by atoms with Crippen LogP contribution in [0.1, 0.15) is 58.8 Å². The molecule has 1 atom stereocenters. The minimum atomic E-state index is 0.890. The number of hydrogen-bond acceptors (Lipinski definition) is 1. The molecule has 2 rings (SSSR count). The molecule has 2 bridgehead atoms. The van der Waals surface area contributed by atoms with Gasteiger partial charge in [0.25, 0.3) is 0 Å². The first kappa shape index (κ1) is 10.9. The molecule has 1 unspecified atom stereocenters. The molecular weight excluding hydrogens is 187 g/mol. The summed E-state index contributed by atoms with van der Waals surface area (Å²) in [5.74, 6) is 3.20. The smallest absolute Gasteiger partial charge is 0.206 e. The van der Waals surface area contributed by atoms with Gasteiger partial charge >= 0.3 is 0 Å². The maximum atomic E-state index is 2.41. The molecule has 2 saturated heterocycles. The average Bonchev–Trinajstić information content (AvgIpc) is 2.17. The highest BCUT2D eigenvalue weighted by molar-refractivity contribution is 8.26. The molecule has 14 heavy (non-hydrogen) atoms. The minimum absolute atomic E-state index is 0.890. The highest BCUT2D eigenvalue weighted by atomic mass is 32.2. The van der Waals surface area contributed by atoms with Crippen molar-refractivity contribution in [3.63, 3.8) is 0 Å². The van der Waals surface area contributed by atoms with Gasteiger partial charge < -0.3 is 0 Å². The molecule has 2 heterocycles. The van der Waals surface area contributed by atoms with E-state index in [1.807, 2.05) is 0 Å². The van der Waals surface area contributed by atoms with Gasteiger partial charge in [0.05, 0.1) is 0 Å². The van der Waals surface area contributed by atoms with Crippen LogP contribution >= 0.6 is 11.6 Å². The molecule has 0 aromatic rings. The Morgan fingerprint density at radius 1 is 1.14 bits per heavy atom. The van der Waals surface area contributed by atoms with Gasteiger partial charge in [-0.15, -0.1) is 0 Å². The molecular formula is C12H23BS. The molecule has 0 radical (unpaired) electrons. The first-order valence-corrected chi connectivity index (χ1v) is 7.41. The Morgan fingerprint density at radius 2 is 1.64 bits per heavy atom. The van der Waals surface area contributed by atoms with Crippen LogP contribution in [0.3, 0.4) is 0 Å². The first-order chi connectivity index (χ1) is 6.81. The van der Waals surface area contributed by atoms with E-state index in [1.54, 1.807) is 0 Å². The van der Waals surface area contributed by atoms with Crippen LogP contribution in [0.2, 0.25) is 11.6 Å². The molecule has 2 aliphatic heterocycles. The summed E-state index contributed by atoms with van der Waals surface area (Å²) in [5, 5.41) is 0.890. The third-order valence-electron chi connectivity index (χ3n) is 4.19. The highest BCUT2D eigenvalue weighted by Gasteiger charge is 2.40. The van der Waals surface area contributed by atoms with Crippen LogP contribution in [0.25, 0.3) is 0 Å². The predicted molar refractivity (Wildman–Crippen MR) is 68.3 cm³/mol. The predicted octanol–water partition coefficient (Wildman–Crippen LogP) is 4.62. The van der Waals surface area contributed by atoms with Gasteiger partial charge in [-0.25, -0.2) is 11.6 Å². The molecule has 0 amide bonds. The first-order valence-electron chi connectivity index (χ1n) is 6.46. The third kappa shape index (κ3) is 2.32. The molecule has 0 saturated carbocycles. The Labute approximate surface area is 93.6 Å². The summed E-state index contributed by atoms with van der Waals surface area (Å²) in [6.07, 6.45) is 10.5. The molecule has 0 spiro atoms. The van der Waals surface area contributed by atoms with E-state index in [4.69, 9.17) is 0 Å². The van der Waals surface area contributed by atoms with Crippen LogP contribution in [0.4, 0.5) is 0 Å². The molecule has 2 fully saturated rings. The summed E-state index contributed by atoms with van der Waals surface area (Å²) in [6.45, 7) is 4.74. The van der Waals surface area contributed by atoms with Crippen molar-refractivity contribution in [1.29, 1.82) is 0 Å². The van der Waals surface area contributed by atoms with Gasteiger partial charge in [-0.1, -0.05) is 64.0 Å². The van der Waals surface area contributed by atoms with Crippen molar-refractivity contribution in [3.05, 3.63) is 0 Å². The van der Waals surface area contributed by atoms with E-state index in [0.29, 0.717) is 0 Å². The Kier molecular flexibility index (Phi) is 3.87. The van der Waals surface area contributed by atoms with Crippen molar-refractivity contribution in [3.8, 4) is 0 Å². The molecule has 0 aromatic heterocycles. The van der Waals surface area contributed by atoms with E-state index in [1.165, 1.54) is 44.9 Å². The fourth-order valence-corrected chi connectivity index (χ4v) is 4.92. The fraction of sp³-hybridized carbons (Fsp3) is 1.00. The summed E-state index contributed by atoms with van der Waals surface area (Å²) in [7, 11) is 0. The second-order valence-electron chi connectivity index (χ2n) is 5.20. The van der Waals surface area contributed by atoms with Crippen LogP contribution in [0, 0.1) is 0 Å². The lowest BCUT2D eigenvalue weighted by Crippen LogP contribution is -2.33. The molecule has 80 valence electrons. The van der Waals surface area contributed by atoms with Gasteiger partial charge in [-0.3, -0.25) is 0 Å². The number of hydrogen-bond donors (Lipinski definition) is 0. The van der Waals surface area contributed by atoms with Crippen molar-refractivity contribution < 1.29 is 0 Å². The third-order valence-corrected chi connectivity index (χ3v) is 6.08. The van der Waals surface area contributed by atoms with Crippen molar-refractivity contribution in [2.45, 2.75) is 75.7 Å². The zero-order chi connectivity index (χ0) is 9.97. The van der Waals surface area contributed by atoms with Crippen molar-refractivity contribution >= 4 is 17.6 Å². The van der Waals surface area contributed by atoms with Crippen molar-refractivity contribution in [2.24, 2.45) is 0 Å². The van der Waals surface area contributed by atoms with E-state index in [9.17, 15) is 0 Å². The molecule has 0 aliphatic carbocycles. The highest BCUT2D eigenvalue weighted by Crippen LogP contribution is 2.51. The second kappa shape index (κ2) is 4.96. The van der Waals surface area contributed by atoms with Gasteiger partial charge in [-0.2, -0.15) is 0 Å². The summed E-state index contributed by atoms with van der Waals surface area (Å²) in [5.41, 5.74) is 0. The maximum absolute atomic E-state index is 2.41. The van der Waals surface area contributed by atoms with Crippen molar-refractivity contribution in [1.82, 2.24) is 0 Å². The summed E-state index contributed by atoms with van der Waals surface area (Å²) < 4.78 is 0. The summed E-state index contributed by atoms with van der Waals surface area (Å²) in [4.78, 5) is 0. The monoisotopic (exact) mass is 210 g/mol. The lowest BCUT2D eigenvalue weighted by Gasteiger charge is -2.40. The van der Waals surface area contributed by atoms with E-state index in [-0.39, 0.29) is 0 Å². The van der Waals surface area contributed by atoms with Gasteiger partial charge in [0.1, 0.15) is 0 Å². The summed E-state index contributed by atoms with van der Waals surface area (Å²) >= 11 is 2.31. The largest absolute Gasteiger partial charge is 0.216 e. The molecule has 0 nitrogen and oxygen atoms in total. The van der Waals surface area contributed by atoms with Gasteiger partial charge in [0, 0.05) is 0 Å². The van der Waals surface area contributed by atoms with E-state index in [2.05, 4.69) is 25.5 Å². The van der Waals surface area contributed by atoms with E-state index >= 15 is 0 Å². The van der Waals surface area contributed by atoms with Gasteiger partial charge in [-0.05, 0) is 11.7 Å². The quantitative estimate of drug-likeness (QED) is 0.612. The van der Waals surface area contributed by atoms with Crippen LogP contribution in [0.15, 0.2) is 0 Å². The fourth-order valence-electron chi connectivity index (χ4n) is 3.20. The molecule has 2 heteroatoms. The van der Waals surface area contributed by atoms with E-state index < -0.39 is 0 Å². The van der Waals surface area contributed by atoms with Crippen LogP contribution in [-0.4, -0.2) is 11.2 Å². The SMILES string of the molecule is CCC(C)SB1C2CCCC1CCC2. The average molecular weight is 210 g/mol. The Balaban J connectivity index is 1.94. The normalized spacial score (nSPS) is 34.3. The minimum Gasteiger partial charge on any atom is -0.206 e. The van der Waals surface area contributed by atoms with Gasteiger partial charge in [0.2, 0.25) is 5.99 Å². The van der Waals surface area contributed by atoms with Crippen LogP contribution in [-0.2, 0) is 0 Å².